The molecule has 1 aliphatic carbocycles. The fourth-order valence-electron chi connectivity index (χ4n) is 2.33. The number of aromatic nitrogens is 4. The third kappa shape index (κ3) is 1.43. The van der Waals surface area contributed by atoms with Gasteiger partial charge in [-0.25, -0.2) is 14.5 Å². The Kier molecular flexibility index (Phi) is 2.21. The molecule has 16 heavy (non-hydrogen) atoms. The Morgan fingerprint density at radius 2 is 2.12 bits per heavy atom. The minimum atomic E-state index is 0.251. The lowest BCUT2D eigenvalue weighted by Gasteiger charge is -2.06. The van der Waals surface area contributed by atoms with Crippen molar-refractivity contribution in [2.45, 2.75) is 31.6 Å². The van der Waals surface area contributed by atoms with Crippen molar-refractivity contribution in [1.29, 1.82) is 0 Å². The summed E-state index contributed by atoms with van der Waals surface area (Å²) in [4.78, 5) is 8.31. The molecule has 2 N–H and O–H groups in total. The van der Waals surface area contributed by atoms with E-state index in [-0.39, 0.29) is 5.95 Å². The van der Waals surface area contributed by atoms with E-state index in [2.05, 4.69) is 15.1 Å². The van der Waals surface area contributed by atoms with Crippen LogP contribution in [0.3, 0.4) is 0 Å². The van der Waals surface area contributed by atoms with Gasteiger partial charge in [-0.3, -0.25) is 0 Å². The Labute approximate surface area is 97.6 Å². The number of fused-ring (bicyclic) bond motifs is 1. The van der Waals surface area contributed by atoms with Crippen LogP contribution in [0, 0.1) is 0 Å². The van der Waals surface area contributed by atoms with Crippen LogP contribution in [0.15, 0.2) is 6.20 Å². The Bertz CT molecular complexity index is 529. The third-order valence-electron chi connectivity index (χ3n) is 3.11. The number of hydrogen-bond acceptors (Lipinski definition) is 4. The van der Waals surface area contributed by atoms with Gasteiger partial charge in [0.2, 0.25) is 5.95 Å². The van der Waals surface area contributed by atoms with Gasteiger partial charge in [-0.1, -0.05) is 24.4 Å². The molecule has 0 aromatic carbocycles. The van der Waals surface area contributed by atoms with Crippen molar-refractivity contribution < 1.29 is 0 Å². The van der Waals surface area contributed by atoms with E-state index in [0.29, 0.717) is 11.1 Å². The summed E-state index contributed by atoms with van der Waals surface area (Å²) in [7, 11) is 0. The summed E-state index contributed by atoms with van der Waals surface area (Å²) in [6.45, 7) is 0. The zero-order valence-corrected chi connectivity index (χ0v) is 9.48. The van der Waals surface area contributed by atoms with E-state index >= 15 is 0 Å². The van der Waals surface area contributed by atoms with E-state index in [4.69, 9.17) is 17.3 Å². The number of nitrogen functional groups attached to an aromatic ring is 1. The van der Waals surface area contributed by atoms with Crippen molar-refractivity contribution in [3.63, 3.8) is 0 Å². The molecular formula is C10H12ClN5. The van der Waals surface area contributed by atoms with Crippen LogP contribution in [0.5, 0.6) is 0 Å². The highest BCUT2D eigenvalue weighted by molar-refractivity contribution is 6.32. The maximum Gasteiger partial charge on any atom is 0.238 e. The van der Waals surface area contributed by atoms with Crippen LogP contribution < -0.4 is 5.73 Å². The van der Waals surface area contributed by atoms with Gasteiger partial charge in [0.1, 0.15) is 11.3 Å². The first-order valence-electron chi connectivity index (χ1n) is 5.42. The van der Waals surface area contributed by atoms with Crippen LogP contribution in [-0.2, 0) is 0 Å². The molecule has 3 rings (SSSR count). The SMILES string of the molecule is Nc1ncc2c(Cl)nc(C3CCCC3)n2n1. The van der Waals surface area contributed by atoms with Crippen LogP contribution in [0.4, 0.5) is 5.95 Å². The van der Waals surface area contributed by atoms with Crippen LogP contribution in [-0.4, -0.2) is 19.6 Å². The number of anilines is 1. The smallest absolute Gasteiger partial charge is 0.238 e. The van der Waals surface area contributed by atoms with Gasteiger partial charge in [-0.2, -0.15) is 0 Å². The molecule has 0 spiro atoms. The van der Waals surface area contributed by atoms with E-state index < -0.39 is 0 Å². The van der Waals surface area contributed by atoms with Gasteiger partial charge >= 0.3 is 0 Å². The van der Waals surface area contributed by atoms with Crippen molar-refractivity contribution >= 4 is 23.1 Å². The van der Waals surface area contributed by atoms with Gasteiger partial charge in [-0.15, -0.1) is 5.10 Å². The molecule has 0 aliphatic heterocycles. The Hall–Kier alpha value is -1.36. The molecule has 0 amide bonds. The molecule has 2 aromatic heterocycles. The zero-order valence-electron chi connectivity index (χ0n) is 8.73. The predicted octanol–water partition coefficient (Wildman–Crippen LogP) is 2.02. The molecule has 1 saturated carbocycles. The Morgan fingerprint density at radius 1 is 1.38 bits per heavy atom. The second-order valence-electron chi connectivity index (χ2n) is 4.16. The second kappa shape index (κ2) is 3.59. The Morgan fingerprint density at radius 3 is 2.88 bits per heavy atom. The van der Waals surface area contributed by atoms with Crippen LogP contribution in [0.2, 0.25) is 5.15 Å². The zero-order chi connectivity index (χ0) is 11.1. The molecule has 0 saturated heterocycles. The van der Waals surface area contributed by atoms with Gasteiger partial charge in [0, 0.05) is 5.92 Å². The Balaban J connectivity index is 2.19. The van der Waals surface area contributed by atoms with Gasteiger partial charge in [0.05, 0.1) is 6.20 Å². The maximum atomic E-state index is 6.06. The van der Waals surface area contributed by atoms with Crippen molar-refractivity contribution in [3.8, 4) is 0 Å². The molecule has 1 fully saturated rings. The summed E-state index contributed by atoms with van der Waals surface area (Å²) >= 11 is 6.06. The minimum absolute atomic E-state index is 0.251. The molecule has 2 heterocycles. The van der Waals surface area contributed by atoms with E-state index in [1.54, 1.807) is 10.7 Å². The largest absolute Gasteiger partial charge is 0.367 e. The lowest BCUT2D eigenvalue weighted by Crippen LogP contribution is -2.06. The van der Waals surface area contributed by atoms with E-state index in [9.17, 15) is 0 Å². The first-order valence-corrected chi connectivity index (χ1v) is 5.80. The quantitative estimate of drug-likeness (QED) is 0.824. The molecule has 0 bridgehead atoms. The van der Waals surface area contributed by atoms with Gasteiger partial charge in [0.25, 0.3) is 0 Å². The monoisotopic (exact) mass is 237 g/mol. The number of nitrogens with zero attached hydrogens (tertiary/aromatic N) is 4. The standard InChI is InChI=1S/C10H12ClN5/c11-8-7-5-13-10(12)15-16(7)9(14-8)6-3-1-2-4-6/h5-6H,1-4H2,(H2,12,15). The predicted molar refractivity (Wildman–Crippen MR) is 61.4 cm³/mol. The van der Waals surface area contributed by atoms with Crippen molar-refractivity contribution in [2.75, 3.05) is 5.73 Å². The summed E-state index contributed by atoms with van der Waals surface area (Å²) in [5.74, 6) is 1.63. The van der Waals surface area contributed by atoms with Crippen molar-refractivity contribution in [1.82, 2.24) is 19.6 Å². The second-order valence-corrected chi connectivity index (χ2v) is 4.51. The van der Waals surface area contributed by atoms with Crippen molar-refractivity contribution in [2.24, 2.45) is 0 Å². The van der Waals surface area contributed by atoms with Gasteiger partial charge in [0.15, 0.2) is 5.15 Å². The molecular weight excluding hydrogens is 226 g/mol. The minimum Gasteiger partial charge on any atom is -0.367 e. The molecule has 2 aromatic rings. The van der Waals surface area contributed by atoms with Gasteiger partial charge < -0.3 is 5.73 Å². The third-order valence-corrected chi connectivity index (χ3v) is 3.39. The summed E-state index contributed by atoms with van der Waals surface area (Å²) in [5, 5.41) is 4.64. The number of rotatable bonds is 1. The normalized spacial score (nSPS) is 17.3. The highest BCUT2D eigenvalue weighted by Crippen LogP contribution is 2.34. The highest BCUT2D eigenvalue weighted by atomic mass is 35.5. The number of nitrogens with two attached hydrogens (primary N) is 1. The lowest BCUT2D eigenvalue weighted by atomic mass is 10.1. The molecule has 6 heteroatoms. The fourth-order valence-corrected chi connectivity index (χ4v) is 2.55. The fraction of sp³-hybridized carbons (Fsp3) is 0.500. The van der Waals surface area contributed by atoms with Crippen LogP contribution in [0.25, 0.3) is 5.52 Å². The highest BCUT2D eigenvalue weighted by Gasteiger charge is 2.23. The maximum absolute atomic E-state index is 6.06. The summed E-state index contributed by atoms with van der Waals surface area (Å²) in [6.07, 6.45) is 6.42. The van der Waals surface area contributed by atoms with E-state index in [1.165, 1.54) is 12.8 Å². The van der Waals surface area contributed by atoms with E-state index in [0.717, 1.165) is 24.2 Å². The first-order chi connectivity index (χ1) is 7.75. The molecule has 0 atom stereocenters. The first kappa shape index (κ1) is 9.84. The molecule has 0 unspecified atom stereocenters. The van der Waals surface area contributed by atoms with Gasteiger partial charge in [-0.05, 0) is 12.8 Å². The summed E-state index contributed by atoms with van der Waals surface area (Å²) < 4.78 is 1.74. The number of imidazole rings is 1. The average Bonchev–Trinajstić information content (AvgIpc) is 2.86. The van der Waals surface area contributed by atoms with Crippen LogP contribution >= 0.6 is 11.6 Å². The van der Waals surface area contributed by atoms with E-state index in [1.807, 2.05) is 0 Å². The average molecular weight is 238 g/mol. The van der Waals surface area contributed by atoms with Crippen LogP contribution in [0.1, 0.15) is 37.4 Å². The summed E-state index contributed by atoms with van der Waals surface area (Å²) in [5.41, 5.74) is 6.32. The lowest BCUT2D eigenvalue weighted by molar-refractivity contribution is 0.642. The van der Waals surface area contributed by atoms with Crippen molar-refractivity contribution in [3.05, 3.63) is 17.2 Å². The number of halogens is 1. The molecule has 5 nitrogen and oxygen atoms in total. The topological polar surface area (TPSA) is 69.1 Å². The molecule has 1 aliphatic rings. The molecule has 84 valence electrons. The summed E-state index contributed by atoms with van der Waals surface area (Å²) in [6, 6.07) is 0. The number of hydrogen-bond donors (Lipinski definition) is 1. The molecule has 0 radical (unpaired) electrons.